The highest BCUT2D eigenvalue weighted by molar-refractivity contribution is 7.80. The van der Waals surface area contributed by atoms with Gasteiger partial charge in [0.15, 0.2) is 5.11 Å². The second-order valence-corrected chi connectivity index (χ2v) is 5.93. The van der Waals surface area contributed by atoms with Gasteiger partial charge in [0.05, 0.1) is 7.11 Å². The molecule has 1 aromatic rings. The van der Waals surface area contributed by atoms with Crippen LogP contribution < -0.4 is 10.1 Å². The number of nitrogens with one attached hydrogen (secondary N) is 1. The van der Waals surface area contributed by atoms with Crippen LogP contribution in [0.3, 0.4) is 0 Å². The van der Waals surface area contributed by atoms with Gasteiger partial charge in [0.2, 0.25) is 5.91 Å². The summed E-state index contributed by atoms with van der Waals surface area (Å²) in [6.07, 6.45) is 5.45. The van der Waals surface area contributed by atoms with Gasteiger partial charge in [-0.3, -0.25) is 10.1 Å². The van der Waals surface area contributed by atoms with Crippen molar-refractivity contribution in [1.82, 2.24) is 10.2 Å². The number of benzene rings is 1. The third-order valence-electron chi connectivity index (χ3n) is 3.85. The Morgan fingerprint density at radius 1 is 1.36 bits per heavy atom. The average molecular weight is 318 g/mol. The second-order valence-electron chi connectivity index (χ2n) is 5.54. The molecule has 1 amide bonds. The summed E-state index contributed by atoms with van der Waals surface area (Å²) in [7, 11) is 1.61. The number of likely N-dealkylation sites (tertiary alicyclic amines) is 1. The van der Waals surface area contributed by atoms with Crippen molar-refractivity contribution < 1.29 is 9.53 Å². The van der Waals surface area contributed by atoms with Gasteiger partial charge in [0, 0.05) is 24.7 Å². The van der Waals surface area contributed by atoms with Crippen molar-refractivity contribution >= 4 is 29.3 Å². The molecule has 1 fully saturated rings. The number of rotatable bonds is 3. The molecule has 1 N–H and O–H groups in total. The summed E-state index contributed by atoms with van der Waals surface area (Å²) in [5.74, 6) is 1.26. The third-order valence-corrected chi connectivity index (χ3v) is 4.21. The maximum Gasteiger partial charge on any atom is 0.250 e. The number of hydrogen-bond acceptors (Lipinski definition) is 3. The van der Waals surface area contributed by atoms with Crippen LogP contribution in [0.4, 0.5) is 0 Å². The highest BCUT2D eigenvalue weighted by atomic mass is 32.1. The van der Waals surface area contributed by atoms with E-state index in [-0.39, 0.29) is 5.91 Å². The van der Waals surface area contributed by atoms with Crippen LogP contribution in [0.5, 0.6) is 5.75 Å². The number of carbonyl (C=O) groups excluding carboxylic acids is 1. The normalized spacial score (nSPS) is 15.8. The number of hydrogen-bond donors (Lipinski definition) is 1. The molecular formula is C17H22N2O2S. The zero-order valence-corrected chi connectivity index (χ0v) is 13.9. The number of para-hydroxylation sites is 1. The first-order valence-corrected chi connectivity index (χ1v) is 7.92. The Morgan fingerprint density at radius 2 is 2.05 bits per heavy atom. The van der Waals surface area contributed by atoms with Crippen molar-refractivity contribution in [3.63, 3.8) is 0 Å². The molecule has 0 saturated carbocycles. The van der Waals surface area contributed by atoms with Gasteiger partial charge in [0.25, 0.3) is 0 Å². The van der Waals surface area contributed by atoms with E-state index >= 15 is 0 Å². The Hall–Kier alpha value is -1.88. The van der Waals surface area contributed by atoms with Crippen LogP contribution in [-0.2, 0) is 4.79 Å². The number of methoxy groups -OCH3 is 1. The Morgan fingerprint density at radius 3 is 2.73 bits per heavy atom. The third kappa shape index (κ3) is 4.56. The van der Waals surface area contributed by atoms with Gasteiger partial charge in [-0.25, -0.2) is 0 Å². The van der Waals surface area contributed by atoms with Crippen LogP contribution in [0.15, 0.2) is 30.3 Å². The van der Waals surface area contributed by atoms with E-state index in [1.807, 2.05) is 24.3 Å². The minimum Gasteiger partial charge on any atom is -0.496 e. The SMILES string of the molecule is COc1ccccc1C=CC(=O)NC(=S)N1CCC(C)CC1. The van der Waals surface area contributed by atoms with Crippen LogP contribution >= 0.6 is 12.2 Å². The zero-order chi connectivity index (χ0) is 15.9. The van der Waals surface area contributed by atoms with Gasteiger partial charge in [-0.05, 0) is 43.1 Å². The molecule has 2 rings (SSSR count). The number of piperidine rings is 1. The predicted octanol–water partition coefficient (Wildman–Crippen LogP) is 2.84. The quantitative estimate of drug-likeness (QED) is 0.687. The van der Waals surface area contributed by atoms with Gasteiger partial charge in [-0.2, -0.15) is 0 Å². The second kappa shape index (κ2) is 7.94. The van der Waals surface area contributed by atoms with Crippen molar-refractivity contribution in [2.45, 2.75) is 19.8 Å². The molecule has 0 aromatic heterocycles. The molecule has 0 unspecified atom stereocenters. The highest BCUT2D eigenvalue weighted by Crippen LogP contribution is 2.18. The molecule has 22 heavy (non-hydrogen) atoms. The van der Waals surface area contributed by atoms with Crippen molar-refractivity contribution in [2.24, 2.45) is 5.92 Å². The first-order chi connectivity index (χ1) is 10.6. The lowest BCUT2D eigenvalue weighted by atomic mass is 10.00. The Bertz CT molecular complexity index is 564. The van der Waals surface area contributed by atoms with Crippen LogP contribution in [0.1, 0.15) is 25.3 Å². The molecule has 1 aliphatic heterocycles. The van der Waals surface area contributed by atoms with Crippen LogP contribution in [0, 0.1) is 5.92 Å². The summed E-state index contributed by atoms with van der Waals surface area (Å²) in [5, 5.41) is 3.28. The highest BCUT2D eigenvalue weighted by Gasteiger charge is 2.18. The van der Waals surface area contributed by atoms with Crippen molar-refractivity contribution in [3.05, 3.63) is 35.9 Å². The zero-order valence-electron chi connectivity index (χ0n) is 13.0. The van der Waals surface area contributed by atoms with Gasteiger partial charge in [-0.1, -0.05) is 25.1 Å². The molecule has 1 aliphatic rings. The van der Waals surface area contributed by atoms with Gasteiger partial charge < -0.3 is 9.64 Å². The molecule has 1 saturated heterocycles. The van der Waals surface area contributed by atoms with E-state index in [4.69, 9.17) is 17.0 Å². The lowest BCUT2D eigenvalue weighted by Crippen LogP contribution is -2.45. The van der Waals surface area contributed by atoms with Gasteiger partial charge in [-0.15, -0.1) is 0 Å². The molecule has 0 spiro atoms. The molecule has 4 nitrogen and oxygen atoms in total. The van der Waals surface area contributed by atoms with E-state index in [0.717, 1.165) is 43.2 Å². The fraction of sp³-hybridized carbons (Fsp3) is 0.412. The lowest BCUT2D eigenvalue weighted by molar-refractivity contribution is -0.115. The van der Waals surface area contributed by atoms with E-state index in [2.05, 4.69) is 17.1 Å². The van der Waals surface area contributed by atoms with Gasteiger partial charge in [0.1, 0.15) is 5.75 Å². The first-order valence-electron chi connectivity index (χ1n) is 7.51. The average Bonchev–Trinajstić information content (AvgIpc) is 2.53. The van der Waals surface area contributed by atoms with E-state index in [9.17, 15) is 4.79 Å². The fourth-order valence-electron chi connectivity index (χ4n) is 2.41. The minimum absolute atomic E-state index is 0.213. The Balaban J connectivity index is 1.89. The predicted molar refractivity (Wildman–Crippen MR) is 92.7 cm³/mol. The van der Waals surface area contributed by atoms with E-state index in [1.165, 1.54) is 6.08 Å². The molecule has 0 atom stereocenters. The lowest BCUT2D eigenvalue weighted by Gasteiger charge is -2.31. The van der Waals surface area contributed by atoms with Gasteiger partial charge >= 0.3 is 0 Å². The van der Waals surface area contributed by atoms with Crippen LogP contribution in [0.2, 0.25) is 0 Å². The van der Waals surface area contributed by atoms with E-state index < -0.39 is 0 Å². The summed E-state index contributed by atoms with van der Waals surface area (Å²) < 4.78 is 5.25. The Labute approximate surface area is 137 Å². The molecular weight excluding hydrogens is 296 g/mol. The summed E-state index contributed by atoms with van der Waals surface area (Å²) in [6.45, 7) is 4.07. The number of amides is 1. The first kappa shape index (κ1) is 16.5. The topological polar surface area (TPSA) is 41.6 Å². The largest absolute Gasteiger partial charge is 0.496 e. The molecule has 0 aliphatic carbocycles. The van der Waals surface area contributed by atoms with Crippen LogP contribution in [0.25, 0.3) is 6.08 Å². The summed E-state index contributed by atoms with van der Waals surface area (Å²) in [4.78, 5) is 14.0. The van der Waals surface area contributed by atoms with E-state index in [1.54, 1.807) is 13.2 Å². The summed E-state index contributed by atoms with van der Waals surface area (Å²) >= 11 is 5.30. The molecule has 5 heteroatoms. The maximum absolute atomic E-state index is 12.0. The maximum atomic E-state index is 12.0. The molecule has 0 bridgehead atoms. The summed E-state index contributed by atoms with van der Waals surface area (Å²) in [5.41, 5.74) is 0.859. The number of nitrogens with zero attached hydrogens (tertiary/aromatic N) is 1. The number of carbonyl (C=O) groups is 1. The molecule has 0 radical (unpaired) electrons. The van der Waals surface area contributed by atoms with Crippen LogP contribution in [-0.4, -0.2) is 36.1 Å². The number of ether oxygens (including phenoxy) is 1. The molecule has 1 aromatic carbocycles. The smallest absolute Gasteiger partial charge is 0.250 e. The fourth-order valence-corrected chi connectivity index (χ4v) is 2.69. The standard InChI is InChI=1S/C17H22N2O2S/c1-13-9-11-19(12-10-13)17(22)18-16(20)8-7-14-5-3-4-6-15(14)21-2/h3-8,13H,9-12H2,1-2H3,(H,18,20,22). The number of thiocarbonyl (C=S) groups is 1. The molecule has 118 valence electrons. The minimum atomic E-state index is -0.213. The van der Waals surface area contributed by atoms with Crippen molar-refractivity contribution in [1.29, 1.82) is 0 Å². The van der Waals surface area contributed by atoms with E-state index in [0.29, 0.717) is 5.11 Å². The Kier molecular flexibility index (Phi) is 5.95. The monoisotopic (exact) mass is 318 g/mol. The van der Waals surface area contributed by atoms with Crippen molar-refractivity contribution in [3.8, 4) is 5.75 Å². The molecule has 1 heterocycles. The van der Waals surface area contributed by atoms with Crippen molar-refractivity contribution in [2.75, 3.05) is 20.2 Å². The summed E-state index contributed by atoms with van der Waals surface area (Å²) in [6, 6.07) is 7.55.